The van der Waals surface area contributed by atoms with Gasteiger partial charge in [-0.3, -0.25) is 38.4 Å². The number of ether oxygens (including phenoxy) is 2. The lowest BCUT2D eigenvalue weighted by molar-refractivity contribution is -0.153. The fourth-order valence-electron chi connectivity index (χ4n) is 10.2. The van der Waals surface area contributed by atoms with Crippen molar-refractivity contribution in [3.8, 4) is 0 Å². The lowest BCUT2D eigenvalue weighted by Gasteiger charge is -2.35. The number of carbonyl (C=O) groups excluding carboxylic acids is 8. The Hall–Kier alpha value is -6.32. The Labute approximate surface area is 464 Å². The molecule has 78 heavy (non-hydrogen) atoms. The van der Waals surface area contributed by atoms with Crippen molar-refractivity contribution >= 4 is 47.4 Å². The topological polar surface area (TPSA) is 210 Å². The third-order valence-electron chi connectivity index (χ3n) is 14.9. The molecular formula is C62H90N6O10. The van der Waals surface area contributed by atoms with Gasteiger partial charge in [0, 0.05) is 51.9 Å². The zero-order chi connectivity index (χ0) is 56.1. The van der Waals surface area contributed by atoms with Gasteiger partial charge >= 0.3 is 11.9 Å². The Balaban J connectivity index is 1.20. The van der Waals surface area contributed by atoms with Gasteiger partial charge in [0.2, 0.25) is 35.4 Å². The second-order valence-electron chi connectivity index (χ2n) is 22.1. The third-order valence-corrected chi connectivity index (χ3v) is 14.9. The van der Waals surface area contributed by atoms with Crippen molar-refractivity contribution in [1.82, 2.24) is 31.1 Å². The number of esters is 2. The molecule has 0 aromatic heterocycles. The molecule has 3 aliphatic heterocycles. The molecule has 2 fully saturated rings. The van der Waals surface area contributed by atoms with Crippen LogP contribution in [0.4, 0.5) is 0 Å². The molecule has 6 amide bonds. The van der Waals surface area contributed by atoms with Crippen molar-refractivity contribution in [2.75, 3.05) is 39.4 Å². The van der Waals surface area contributed by atoms with Gasteiger partial charge in [0.1, 0.15) is 24.2 Å². The molecule has 0 radical (unpaired) electrons. The van der Waals surface area contributed by atoms with E-state index in [0.717, 1.165) is 62.5 Å². The van der Waals surface area contributed by atoms with E-state index in [1.165, 1.54) is 0 Å². The largest absolute Gasteiger partial charge is 0.465 e. The van der Waals surface area contributed by atoms with Crippen LogP contribution in [0.1, 0.15) is 154 Å². The van der Waals surface area contributed by atoms with Crippen molar-refractivity contribution in [1.29, 1.82) is 0 Å². The Morgan fingerprint density at radius 1 is 0.462 bits per heavy atom. The standard InChI is InChI=1S/C62H90N6O10/c1-45(2)55-57(71)63-51(41-47-29-19-17-20-30-47)59(73)67-37-27-33-49(43-67)61(75)77-39-26-16-12-8-6-10-14-24-36-54(70)66-56(46(3)4)58(72)64-52(42-48-31-21-18-22-32-48)60(74)68-38-28-34-50(44-68)62(76)78-40-25-15-11-7-5-9-13-23-35-53(69)65-55/h5-8,17-22,29-32,45-46,49-52,55-56H,9-16,23-28,33-44H2,1-4H3,(H,63,71)(H,64,72)(H,65,69)(H,66,70)/t49-,50-,51+,52+,55+,56+/m1/s1. The Kier molecular flexibility index (Phi) is 27.7. The first kappa shape index (κ1) is 62.5. The highest BCUT2D eigenvalue weighted by Crippen LogP contribution is 2.23. The average Bonchev–Trinajstić information content (AvgIpc) is 3.43. The number of allylic oxidation sites excluding steroid dienone is 4. The number of cyclic esters (lactones) is 2. The number of carbonyl (C=O) groups is 8. The summed E-state index contributed by atoms with van der Waals surface area (Å²) in [6.45, 7) is 9.30. The van der Waals surface area contributed by atoms with Crippen LogP contribution in [0.25, 0.3) is 0 Å². The highest BCUT2D eigenvalue weighted by molar-refractivity contribution is 5.94. The van der Waals surface area contributed by atoms with Gasteiger partial charge in [0.15, 0.2) is 0 Å². The number of nitrogens with one attached hydrogen (secondary N) is 4. The lowest BCUT2D eigenvalue weighted by atomic mass is 9.96. The summed E-state index contributed by atoms with van der Waals surface area (Å²) < 4.78 is 11.4. The highest BCUT2D eigenvalue weighted by Gasteiger charge is 2.37. The minimum Gasteiger partial charge on any atom is -0.465 e. The third kappa shape index (κ3) is 22.2. The summed E-state index contributed by atoms with van der Waals surface area (Å²) in [4.78, 5) is 113. The SMILES string of the molecule is CC(C)[C@@H]1NC(=O)CCCCC=CCCCCOC(=O)[C@@H]2CCCN(C2)C(=O)[C@H](Cc2ccccc2)NC(=O)[C@H](C(C)C)NC(=O)CCCCC=CCCCCOC(=O)[C@@H]2CCCN(C2)C(=O)[C@H](Cc2ccccc2)NC1=O. The van der Waals surface area contributed by atoms with Crippen LogP contribution >= 0.6 is 0 Å². The van der Waals surface area contributed by atoms with Crippen LogP contribution in [0, 0.1) is 23.7 Å². The molecule has 2 aromatic carbocycles. The first-order valence-corrected chi connectivity index (χ1v) is 29.2. The maximum Gasteiger partial charge on any atom is 0.310 e. The van der Waals surface area contributed by atoms with Crippen molar-refractivity contribution in [2.24, 2.45) is 23.7 Å². The summed E-state index contributed by atoms with van der Waals surface area (Å²) in [6.07, 6.45) is 20.9. The molecule has 0 aliphatic carbocycles. The van der Waals surface area contributed by atoms with Gasteiger partial charge in [-0.2, -0.15) is 0 Å². The van der Waals surface area contributed by atoms with Crippen LogP contribution in [0.2, 0.25) is 0 Å². The molecule has 0 saturated carbocycles. The maximum atomic E-state index is 14.3. The Bertz CT molecular complexity index is 2110. The quantitative estimate of drug-likeness (QED) is 0.163. The maximum absolute atomic E-state index is 14.3. The number of rotatable bonds is 6. The van der Waals surface area contributed by atoms with E-state index in [0.29, 0.717) is 64.5 Å². The van der Waals surface area contributed by atoms with Crippen LogP contribution < -0.4 is 21.3 Å². The number of hydrogen-bond acceptors (Lipinski definition) is 10. The molecule has 0 spiro atoms. The molecule has 4 bridgehead atoms. The zero-order valence-electron chi connectivity index (χ0n) is 47.1. The molecule has 2 saturated heterocycles. The monoisotopic (exact) mass is 1080 g/mol. The van der Waals surface area contributed by atoms with E-state index in [1.807, 2.05) is 88.4 Å². The number of hydrogen-bond donors (Lipinski definition) is 4. The van der Waals surface area contributed by atoms with Gasteiger partial charge in [-0.1, -0.05) is 113 Å². The van der Waals surface area contributed by atoms with Crippen molar-refractivity contribution < 1.29 is 47.8 Å². The van der Waals surface area contributed by atoms with E-state index in [2.05, 4.69) is 45.6 Å². The predicted molar refractivity (Wildman–Crippen MR) is 301 cm³/mol. The zero-order valence-corrected chi connectivity index (χ0v) is 47.1. The Morgan fingerprint density at radius 3 is 1.18 bits per heavy atom. The number of piperidine rings is 2. The fourth-order valence-corrected chi connectivity index (χ4v) is 10.2. The van der Waals surface area contributed by atoms with Gasteiger partial charge in [-0.25, -0.2) is 0 Å². The normalized spacial score (nSPS) is 25.2. The highest BCUT2D eigenvalue weighted by atomic mass is 16.5. The molecule has 6 atom stereocenters. The molecule has 3 aliphatic rings. The van der Waals surface area contributed by atoms with Crippen molar-refractivity contribution in [3.63, 3.8) is 0 Å². The summed E-state index contributed by atoms with van der Waals surface area (Å²) >= 11 is 0. The summed E-state index contributed by atoms with van der Waals surface area (Å²) in [5.41, 5.74) is 1.75. The van der Waals surface area contributed by atoms with E-state index in [1.54, 1.807) is 9.80 Å². The fraction of sp³-hybridized carbons (Fsp3) is 0.613. The van der Waals surface area contributed by atoms with E-state index in [4.69, 9.17) is 9.47 Å². The van der Waals surface area contributed by atoms with E-state index in [9.17, 15) is 38.4 Å². The average molecular weight is 1080 g/mol. The van der Waals surface area contributed by atoms with E-state index >= 15 is 0 Å². The van der Waals surface area contributed by atoms with Crippen molar-refractivity contribution in [3.05, 3.63) is 96.1 Å². The first-order valence-electron chi connectivity index (χ1n) is 29.2. The van der Waals surface area contributed by atoms with Crippen LogP contribution in [0.3, 0.4) is 0 Å². The summed E-state index contributed by atoms with van der Waals surface area (Å²) in [5.74, 6) is -3.97. The molecule has 428 valence electrons. The minimum atomic E-state index is -0.904. The van der Waals surface area contributed by atoms with Crippen LogP contribution in [0.5, 0.6) is 0 Å². The van der Waals surface area contributed by atoms with Gasteiger partial charge in [0.05, 0.1) is 25.0 Å². The molecule has 0 unspecified atom stereocenters. The van der Waals surface area contributed by atoms with Gasteiger partial charge in [-0.05, 0) is 126 Å². The smallest absolute Gasteiger partial charge is 0.310 e. The van der Waals surface area contributed by atoms with Gasteiger partial charge in [-0.15, -0.1) is 0 Å². The first-order chi connectivity index (χ1) is 37.7. The Morgan fingerprint density at radius 2 is 0.821 bits per heavy atom. The number of benzene rings is 2. The number of amides is 6. The molecule has 4 N–H and O–H groups in total. The lowest BCUT2D eigenvalue weighted by Crippen LogP contribution is -2.57. The molecule has 16 nitrogen and oxygen atoms in total. The molecule has 16 heteroatoms. The van der Waals surface area contributed by atoms with E-state index in [-0.39, 0.29) is 99.4 Å². The molecular weight excluding hydrogens is 989 g/mol. The molecule has 3 heterocycles. The molecule has 2 aromatic rings. The number of nitrogens with zero attached hydrogens (tertiary/aromatic N) is 2. The van der Waals surface area contributed by atoms with Crippen LogP contribution in [0.15, 0.2) is 85.0 Å². The number of fused-ring (bicyclic) bond motifs is 4. The molecule has 5 rings (SSSR count). The van der Waals surface area contributed by atoms with Crippen molar-refractivity contribution in [2.45, 2.75) is 180 Å². The predicted octanol–water partition coefficient (Wildman–Crippen LogP) is 7.87. The summed E-state index contributed by atoms with van der Waals surface area (Å²) in [5, 5.41) is 11.8. The van der Waals surface area contributed by atoms with Crippen LogP contribution in [-0.2, 0) is 60.7 Å². The second kappa shape index (κ2) is 34.5. The second-order valence-corrected chi connectivity index (χ2v) is 22.1. The van der Waals surface area contributed by atoms with Gasteiger partial charge in [0.25, 0.3) is 0 Å². The minimum absolute atomic E-state index is 0.199. The summed E-state index contributed by atoms with van der Waals surface area (Å²) in [6, 6.07) is 15.4. The van der Waals surface area contributed by atoms with Crippen LogP contribution in [-0.4, -0.2) is 121 Å². The van der Waals surface area contributed by atoms with Gasteiger partial charge < -0.3 is 40.5 Å². The van der Waals surface area contributed by atoms with E-state index < -0.39 is 47.8 Å². The summed E-state index contributed by atoms with van der Waals surface area (Å²) in [7, 11) is 0.